The average molecular weight is 528 g/mol. The zero-order valence-electron chi connectivity index (χ0n) is 20.6. The van der Waals surface area contributed by atoms with Crippen LogP contribution in [0.4, 0.5) is 4.79 Å². The van der Waals surface area contributed by atoms with Crippen molar-refractivity contribution in [2.24, 2.45) is 0 Å². The maximum atomic E-state index is 13.3. The largest absolute Gasteiger partial charge is 0.481 e. The molecule has 0 radical (unpaired) electrons. The summed E-state index contributed by atoms with van der Waals surface area (Å²) < 4.78 is 11.3. The van der Waals surface area contributed by atoms with Gasteiger partial charge in [-0.05, 0) is 6.42 Å². The maximum absolute atomic E-state index is 13.3. The van der Waals surface area contributed by atoms with Crippen LogP contribution in [0.5, 0.6) is 5.88 Å². The Kier molecular flexibility index (Phi) is 8.69. The molecule has 2 saturated heterocycles. The molecule has 1 aromatic carbocycles. The van der Waals surface area contributed by atoms with Crippen LogP contribution in [0, 0.1) is 0 Å². The van der Waals surface area contributed by atoms with Crippen molar-refractivity contribution in [3.05, 3.63) is 42.1 Å². The Balaban J connectivity index is 1.55. The molecular weight excluding hydrogens is 498 g/mol. The first-order valence-electron chi connectivity index (χ1n) is 12.3. The van der Waals surface area contributed by atoms with Crippen molar-refractivity contribution >= 4 is 23.9 Å². The number of benzene rings is 1. The van der Waals surface area contributed by atoms with Crippen LogP contribution in [0.3, 0.4) is 0 Å². The predicted octanol–water partition coefficient (Wildman–Crippen LogP) is 1.10. The lowest BCUT2D eigenvalue weighted by Gasteiger charge is -2.35. The fourth-order valence-corrected chi connectivity index (χ4v) is 4.19. The Labute approximate surface area is 218 Å². The number of ether oxygens (including phenoxy) is 2. The van der Waals surface area contributed by atoms with Crippen molar-refractivity contribution in [1.82, 2.24) is 25.1 Å². The molecule has 2 fully saturated rings. The molecule has 3 N–H and O–H groups in total. The zero-order chi connectivity index (χ0) is 27.1. The zero-order valence-corrected chi connectivity index (χ0v) is 20.6. The number of amides is 3. The van der Waals surface area contributed by atoms with Crippen LogP contribution in [-0.4, -0.2) is 105 Å². The summed E-state index contributed by atoms with van der Waals surface area (Å²) in [6, 6.07) is 9.26. The van der Waals surface area contributed by atoms with E-state index in [0.717, 1.165) is 0 Å². The van der Waals surface area contributed by atoms with Crippen LogP contribution in [0.25, 0.3) is 11.4 Å². The van der Waals surface area contributed by atoms with Crippen LogP contribution in [0.1, 0.15) is 29.8 Å². The van der Waals surface area contributed by atoms with Gasteiger partial charge in [0.15, 0.2) is 5.82 Å². The first-order chi connectivity index (χ1) is 18.3. The molecule has 3 amide bonds. The molecule has 4 rings (SSSR count). The number of rotatable bonds is 9. The molecule has 2 aliphatic rings. The SMILES string of the molecule is O=C(O)CC[C@H](NC(=O)c1cc(O[C@H]2CCOC2)nc(-c2ccccc2)n1)C(=O)N1CCN(C(=O)O)CC1. The number of hydrogen-bond donors (Lipinski definition) is 3. The number of carboxylic acids is 1. The van der Waals surface area contributed by atoms with Gasteiger partial charge in [-0.2, -0.15) is 4.98 Å². The molecule has 3 heterocycles. The van der Waals surface area contributed by atoms with E-state index in [2.05, 4.69) is 15.3 Å². The highest BCUT2D eigenvalue weighted by Gasteiger charge is 2.31. The van der Waals surface area contributed by atoms with Crippen molar-refractivity contribution in [1.29, 1.82) is 0 Å². The van der Waals surface area contributed by atoms with Gasteiger partial charge in [0.2, 0.25) is 11.8 Å². The van der Waals surface area contributed by atoms with Gasteiger partial charge in [-0.3, -0.25) is 14.4 Å². The minimum atomic E-state index is -1.14. The second-order valence-electron chi connectivity index (χ2n) is 8.94. The highest BCUT2D eigenvalue weighted by atomic mass is 16.5. The third-order valence-electron chi connectivity index (χ3n) is 6.25. The van der Waals surface area contributed by atoms with Crippen LogP contribution in [0.2, 0.25) is 0 Å². The quantitative estimate of drug-likeness (QED) is 0.429. The van der Waals surface area contributed by atoms with Crippen molar-refractivity contribution < 1.29 is 38.9 Å². The lowest BCUT2D eigenvalue weighted by molar-refractivity contribution is -0.138. The van der Waals surface area contributed by atoms with E-state index in [9.17, 15) is 24.3 Å². The molecule has 0 unspecified atom stereocenters. The van der Waals surface area contributed by atoms with E-state index in [1.54, 1.807) is 12.1 Å². The van der Waals surface area contributed by atoms with Gasteiger partial charge >= 0.3 is 12.1 Å². The summed E-state index contributed by atoms with van der Waals surface area (Å²) >= 11 is 0. The molecule has 202 valence electrons. The van der Waals surface area contributed by atoms with E-state index in [1.807, 2.05) is 18.2 Å². The fraction of sp³-hybridized carbons (Fsp3) is 0.440. The number of carbonyl (C=O) groups is 4. The summed E-state index contributed by atoms with van der Waals surface area (Å²) in [6.45, 7) is 1.47. The molecule has 0 bridgehead atoms. The van der Waals surface area contributed by atoms with Crippen LogP contribution < -0.4 is 10.1 Å². The highest BCUT2D eigenvalue weighted by molar-refractivity contribution is 5.96. The molecule has 1 aromatic heterocycles. The molecule has 0 saturated carbocycles. The number of carbonyl (C=O) groups excluding carboxylic acids is 2. The van der Waals surface area contributed by atoms with E-state index >= 15 is 0 Å². The number of carboxylic acid groups (broad SMARTS) is 2. The molecule has 2 aliphatic heterocycles. The molecule has 13 heteroatoms. The van der Waals surface area contributed by atoms with Gasteiger partial charge in [0, 0.05) is 50.7 Å². The lowest BCUT2D eigenvalue weighted by Crippen LogP contribution is -2.55. The summed E-state index contributed by atoms with van der Waals surface area (Å²) in [4.78, 5) is 60.4. The molecule has 13 nitrogen and oxygen atoms in total. The maximum Gasteiger partial charge on any atom is 0.407 e. The smallest absolute Gasteiger partial charge is 0.407 e. The van der Waals surface area contributed by atoms with Crippen LogP contribution in [0.15, 0.2) is 36.4 Å². The van der Waals surface area contributed by atoms with E-state index in [-0.39, 0.29) is 62.5 Å². The Morgan fingerprint density at radius 3 is 2.39 bits per heavy atom. The van der Waals surface area contributed by atoms with Gasteiger partial charge in [-0.1, -0.05) is 30.3 Å². The summed E-state index contributed by atoms with van der Waals surface area (Å²) in [7, 11) is 0. The number of nitrogens with zero attached hydrogens (tertiary/aromatic N) is 4. The second kappa shape index (κ2) is 12.3. The van der Waals surface area contributed by atoms with E-state index in [4.69, 9.17) is 14.6 Å². The molecule has 2 atom stereocenters. The Hall–Kier alpha value is -4.26. The number of hydrogen-bond acceptors (Lipinski definition) is 8. The number of aromatic nitrogens is 2. The van der Waals surface area contributed by atoms with Crippen molar-refractivity contribution in [2.75, 3.05) is 39.4 Å². The lowest BCUT2D eigenvalue weighted by atomic mass is 10.1. The van der Waals surface area contributed by atoms with Crippen molar-refractivity contribution in [2.45, 2.75) is 31.4 Å². The average Bonchev–Trinajstić information content (AvgIpc) is 3.43. The number of nitrogens with one attached hydrogen (secondary N) is 1. The molecule has 2 aromatic rings. The molecule has 0 spiro atoms. The first kappa shape index (κ1) is 26.8. The minimum Gasteiger partial charge on any atom is -0.481 e. The number of piperazine rings is 1. The highest BCUT2D eigenvalue weighted by Crippen LogP contribution is 2.22. The third kappa shape index (κ3) is 6.94. The van der Waals surface area contributed by atoms with Gasteiger partial charge in [0.1, 0.15) is 17.8 Å². The summed E-state index contributed by atoms with van der Waals surface area (Å²) in [5.74, 6) is -1.86. The third-order valence-corrected chi connectivity index (χ3v) is 6.25. The molecule has 0 aliphatic carbocycles. The summed E-state index contributed by atoms with van der Waals surface area (Å²) in [5, 5.41) is 21.0. The van der Waals surface area contributed by atoms with Crippen LogP contribution in [-0.2, 0) is 14.3 Å². The van der Waals surface area contributed by atoms with Gasteiger partial charge in [0.05, 0.1) is 13.2 Å². The molecular formula is C25H29N5O8. The topological polar surface area (TPSA) is 171 Å². The minimum absolute atomic E-state index is 0.0448. The monoisotopic (exact) mass is 527 g/mol. The van der Waals surface area contributed by atoms with Crippen molar-refractivity contribution in [3.8, 4) is 17.3 Å². The Bertz CT molecular complexity index is 1160. The predicted molar refractivity (Wildman–Crippen MR) is 132 cm³/mol. The number of aliphatic carboxylic acids is 1. The fourth-order valence-electron chi connectivity index (χ4n) is 4.19. The van der Waals surface area contributed by atoms with Gasteiger partial charge in [-0.15, -0.1) is 0 Å². The standard InChI is InChI=1S/C25H29N5O8/c31-21(32)7-6-18(24(34)29-9-11-30(12-10-29)25(35)36)27-23(33)19-14-20(38-17-8-13-37-15-17)28-22(26-19)16-4-2-1-3-5-16/h1-5,14,17-18H,6-13,15H2,(H,27,33)(H,31,32)(H,35,36)/t17-,18-/m0/s1. The first-order valence-corrected chi connectivity index (χ1v) is 12.3. The van der Waals surface area contributed by atoms with E-state index in [1.165, 1.54) is 15.9 Å². The van der Waals surface area contributed by atoms with Crippen LogP contribution >= 0.6 is 0 Å². The second-order valence-corrected chi connectivity index (χ2v) is 8.94. The van der Waals surface area contributed by atoms with Gasteiger partial charge in [-0.25, -0.2) is 9.78 Å². The molecule has 38 heavy (non-hydrogen) atoms. The summed E-state index contributed by atoms with van der Waals surface area (Å²) in [5.41, 5.74) is 0.612. The van der Waals surface area contributed by atoms with Crippen molar-refractivity contribution in [3.63, 3.8) is 0 Å². The van der Waals surface area contributed by atoms with E-state index < -0.39 is 29.9 Å². The Morgan fingerprint density at radius 1 is 1.05 bits per heavy atom. The Morgan fingerprint density at radius 2 is 1.76 bits per heavy atom. The van der Waals surface area contributed by atoms with E-state index in [0.29, 0.717) is 25.2 Å². The van der Waals surface area contributed by atoms with Gasteiger partial charge < -0.3 is 34.8 Å². The van der Waals surface area contributed by atoms with Gasteiger partial charge in [0.25, 0.3) is 5.91 Å². The normalized spacial score (nSPS) is 18.1. The summed E-state index contributed by atoms with van der Waals surface area (Å²) in [6.07, 6.45) is -1.11.